The van der Waals surface area contributed by atoms with Crippen molar-refractivity contribution < 1.29 is 9.53 Å². The Bertz CT molecular complexity index is 223. The highest BCUT2D eigenvalue weighted by atomic mass is 127. The summed E-state index contributed by atoms with van der Waals surface area (Å²) in [5, 5.41) is 0. The van der Waals surface area contributed by atoms with Crippen molar-refractivity contribution in [3.05, 3.63) is 12.7 Å². The van der Waals surface area contributed by atoms with Gasteiger partial charge < -0.3 is 4.74 Å². The third kappa shape index (κ3) is 13.1. The van der Waals surface area contributed by atoms with E-state index in [1.165, 1.54) is 31.4 Å². The minimum atomic E-state index is -0.311. The van der Waals surface area contributed by atoms with Gasteiger partial charge in [-0.1, -0.05) is 77.1 Å². The monoisotopic (exact) mass is 478 g/mol. The van der Waals surface area contributed by atoms with Crippen molar-refractivity contribution in [1.29, 1.82) is 0 Å². The molecule has 0 amide bonds. The Morgan fingerprint density at radius 2 is 2.00 bits per heavy atom. The molecule has 0 saturated carbocycles. The van der Waals surface area contributed by atoms with Crippen LogP contribution in [0.15, 0.2) is 12.7 Å². The molecule has 2 nitrogen and oxygen atoms in total. The highest BCUT2D eigenvalue weighted by molar-refractivity contribution is 14.2. The lowest BCUT2D eigenvalue weighted by atomic mass is 10.1. The Kier molecular flexibility index (Phi) is 12.6. The molecule has 0 aromatic rings. The minimum absolute atomic E-state index is 0.0236. The summed E-state index contributed by atoms with van der Waals surface area (Å²) in [5.74, 6) is -0.311. The maximum absolute atomic E-state index is 10.9. The van der Waals surface area contributed by atoms with Gasteiger partial charge in [-0.05, 0) is 19.8 Å². The summed E-state index contributed by atoms with van der Waals surface area (Å²) >= 11 is 4.95. The summed E-state index contributed by atoms with van der Waals surface area (Å²) in [4.78, 5) is 10.9. The second-order valence-corrected chi connectivity index (χ2v) is 12.6. The summed E-state index contributed by atoms with van der Waals surface area (Å²) in [6.45, 7) is 5.33. The lowest BCUT2D eigenvalue weighted by Crippen LogP contribution is -2.12. The van der Waals surface area contributed by atoms with Gasteiger partial charge in [0.1, 0.15) is 0 Å². The first-order valence-electron chi connectivity index (χ1n) is 5.91. The van der Waals surface area contributed by atoms with Crippen molar-refractivity contribution in [2.45, 2.75) is 52.7 Å². The van der Waals surface area contributed by atoms with Gasteiger partial charge in [0.15, 0.2) is 0 Å². The van der Waals surface area contributed by atoms with E-state index in [4.69, 9.17) is 4.74 Å². The van der Waals surface area contributed by atoms with Crippen LogP contribution in [0.5, 0.6) is 0 Å². The molecule has 0 spiro atoms. The predicted molar refractivity (Wildman–Crippen MR) is 91.2 cm³/mol. The highest BCUT2D eigenvalue weighted by Crippen LogP contribution is 2.13. The van der Waals surface area contributed by atoms with Crippen molar-refractivity contribution in [1.82, 2.24) is 0 Å². The van der Waals surface area contributed by atoms with E-state index in [2.05, 4.69) is 51.8 Å². The van der Waals surface area contributed by atoms with E-state index in [1.807, 2.05) is 6.92 Å². The van der Waals surface area contributed by atoms with Gasteiger partial charge in [0, 0.05) is 6.08 Å². The van der Waals surface area contributed by atoms with Crippen molar-refractivity contribution >= 4 is 60.7 Å². The molecule has 5 heteroatoms. The summed E-state index contributed by atoms with van der Waals surface area (Å²) in [7, 11) is 1.09. The first-order chi connectivity index (χ1) is 8.06. The van der Waals surface area contributed by atoms with Crippen LogP contribution in [0.4, 0.5) is 0 Å². The molecule has 98 valence electrons. The third-order valence-corrected chi connectivity index (χ3v) is 5.91. The second kappa shape index (κ2) is 11.9. The Morgan fingerprint density at radius 1 is 1.35 bits per heavy atom. The molecule has 0 rings (SSSR count). The van der Waals surface area contributed by atoms with Crippen LogP contribution in [0.3, 0.4) is 0 Å². The third-order valence-electron chi connectivity index (χ3n) is 2.32. The number of carbonyl (C=O) groups is 1. The van der Waals surface area contributed by atoms with Crippen LogP contribution in [0, 0.1) is 0 Å². The van der Waals surface area contributed by atoms with Crippen molar-refractivity contribution in [2.75, 3.05) is 0 Å². The van der Waals surface area contributed by atoms with Gasteiger partial charge >= 0.3 is 5.97 Å². The highest BCUT2D eigenvalue weighted by Gasteiger charge is 2.05. The van der Waals surface area contributed by atoms with E-state index < -0.39 is 0 Å². The number of alkyl halides is 2. The Balaban J connectivity index is 3.27. The van der Waals surface area contributed by atoms with Crippen molar-refractivity contribution in [2.24, 2.45) is 0 Å². The van der Waals surface area contributed by atoms with Crippen LogP contribution in [0.1, 0.15) is 39.0 Å². The maximum atomic E-state index is 10.9. The second-order valence-electron chi connectivity index (χ2n) is 3.91. The summed E-state index contributed by atoms with van der Waals surface area (Å²) in [5.41, 5.74) is 0. The fraction of sp³-hybridized carbons (Fsp3) is 0.750. The average Bonchev–Trinajstić information content (AvgIpc) is 2.27. The fourth-order valence-electron chi connectivity index (χ4n) is 1.43. The predicted octanol–water partition coefficient (Wildman–Crippen LogP) is 4.33. The largest absolute Gasteiger partial charge is 0.460 e. The van der Waals surface area contributed by atoms with Gasteiger partial charge in [-0.2, -0.15) is 0 Å². The molecule has 0 heterocycles. The number of halogens is 2. The zero-order valence-corrected chi connectivity index (χ0v) is 15.6. The lowest BCUT2D eigenvalue weighted by molar-refractivity contribution is -0.142. The molecular formula is C12H20I2O2Si. The van der Waals surface area contributed by atoms with Crippen molar-refractivity contribution in [3.8, 4) is 0 Å². The number of rotatable bonds is 10. The number of carbonyl (C=O) groups excluding carboxylic acids is 1. The summed E-state index contributed by atoms with van der Waals surface area (Å²) < 4.78 is 5.90. The molecule has 0 aliphatic carbocycles. The molecule has 0 aliphatic rings. The Labute approximate surface area is 134 Å². The summed E-state index contributed by atoms with van der Waals surface area (Å²) in [6.07, 6.45) is 7.23. The molecule has 1 atom stereocenters. The minimum Gasteiger partial charge on any atom is -0.460 e. The molecule has 0 N–H and O–H groups in total. The summed E-state index contributed by atoms with van der Waals surface area (Å²) in [6, 6.07) is 1.36. The molecule has 0 fully saturated rings. The molecular weight excluding hydrogens is 458 g/mol. The average molecular weight is 478 g/mol. The topological polar surface area (TPSA) is 26.3 Å². The fourth-order valence-corrected chi connectivity index (χ4v) is 3.97. The van der Waals surface area contributed by atoms with E-state index in [1.54, 1.807) is 0 Å². The quantitative estimate of drug-likeness (QED) is 0.117. The molecule has 0 aromatic heterocycles. The molecule has 2 radical (unpaired) electrons. The van der Waals surface area contributed by atoms with E-state index in [0.29, 0.717) is 0 Å². The van der Waals surface area contributed by atoms with E-state index in [-0.39, 0.29) is 12.1 Å². The molecule has 0 bridgehead atoms. The maximum Gasteiger partial charge on any atom is 0.330 e. The van der Waals surface area contributed by atoms with Crippen LogP contribution in [-0.2, 0) is 9.53 Å². The first kappa shape index (κ1) is 17.9. The SMILES string of the molecule is C=CC(=O)OC(C)CCCCCC[Si]C(I)I. The number of esters is 1. The van der Waals surface area contributed by atoms with Gasteiger partial charge in [-0.3, -0.25) is 0 Å². The number of hydrogen-bond donors (Lipinski definition) is 0. The van der Waals surface area contributed by atoms with Crippen LogP contribution in [-0.4, -0.2) is 23.1 Å². The Morgan fingerprint density at radius 3 is 2.59 bits per heavy atom. The normalized spacial score (nSPS) is 12.5. The van der Waals surface area contributed by atoms with Crippen LogP contribution < -0.4 is 0 Å². The number of unbranched alkanes of at least 4 members (excludes halogenated alkanes) is 3. The van der Waals surface area contributed by atoms with E-state index >= 15 is 0 Å². The van der Waals surface area contributed by atoms with Gasteiger partial charge in [0.25, 0.3) is 0 Å². The molecule has 0 aliphatic heterocycles. The molecule has 1 unspecified atom stereocenters. The van der Waals surface area contributed by atoms with Crippen LogP contribution in [0.25, 0.3) is 0 Å². The zero-order valence-electron chi connectivity index (χ0n) is 10.3. The standard InChI is InChI=1S/C12H20I2O2Si/c1-3-11(15)16-10(2)8-6-4-5-7-9-17-12(13)14/h3,10,12H,1,4-9H2,2H3. The van der Waals surface area contributed by atoms with Gasteiger partial charge in [0.2, 0.25) is 0 Å². The molecule has 0 saturated heterocycles. The molecule has 17 heavy (non-hydrogen) atoms. The lowest BCUT2D eigenvalue weighted by Gasteiger charge is -2.11. The van der Waals surface area contributed by atoms with Gasteiger partial charge in [-0.25, -0.2) is 4.79 Å². The van der Waals surface area contributed by atoms with Crippen LogP contribution >= 0.6 is 45.2 Å². The van der Waals surface area contributed by atoms with Gasteiger partial charge in [0.05, 0.1) is 17.2 Å². The van der Waals surface area contributed by atoms with E-state index in [0.717, 1.165) is 23.9 Å². The number of ether oxygens (including phenoxy) is 1. The Hall–Kier alpha value is 0.887. The number of hydrogen-bond acceptors (Lipinski definition) is 2. The molecule has 0 aromatic carbocycles. The zero-order chi connectivity index (χ0) is 13.1. The first-order valence-corrected chi connectivity index (χ1v) is 9.68. The van der Waals surface area contributed by atoms with Crippen LogP contribution in [0.2, 0.25) is 6.04 Å². The van der Waals surface area contributed by atoms with Crippen molar-refractivity contribution in [3.63, 3.8) is 0 Å². The smallest absolute Gasteiger partial charge is 0.330 e. The van der Waals surface area contributed by atoms with E-state index in [9.17, 15) is 4.79 Å². The van der Waals surface area contributed by atoms with Gasteiger partial charge in [-0.15, -0.1) is 0 Å².